The Hall–Kier alpha value is -1.16. The molecule has 0 saturated heterocycles. The number of nitrogens with two attached hydrogens (primary N) is 1. The molecule has 3 N–H and O–H groups in total. The molecule has 0 bridgehead atoms. The van der Waals surface area contributed by atoms with Gasteiger partial charge in [0, 0.05) is 4.88 Å². The highest BCUT2D eigenvalue weighted by Gasteiger charge is 2.18. The summed E-state index contributed by atoms with van der Waals surface area (Å²) in [5, 5.41) is 2.18. The number of hydrogen-bond donors (Lipinski definition) is 2. The molecule has 0 aliphatic carbocycles. The molecule has 1 atom stereocenters. The molecule has 96 valence electrons. The zero-order valence-corrected chi connectivity index (χ0v) is 12.2. The Labute approximate surface area is 113 Å². The van der Waals surface area contributed by atoms with Crippen LogP contribution in [-0.2, 0) is 0 Å². The highest BCUT2D eigenvalue weighted by Crippen LogP contribution is 2.30. The zero-order valence-electron chi connectivity index (χ0n) is 11.4. The van der Waals surface area contributed by atoms with Crippen LogP contribution in [0.5, 0.6) is 0 Å². The van der Waals surface area contributed by atoms with Crippen LogP contribution >= 0.6 is 11.3 Å². The fourth-order valence-electron chi connectivity index (χ4n) is 2.61. The van der Waals surface area contributed by atoms with Crippen molar-refractivity contribution in [3.63, 3.8) is 0 Å². The molecule has 0 aliphatic heterocycles. The van der Waals surface area contributed by atoms with E-state index in [-0.39, 0.29) is 6.04 Å². The third-order valence-electron chi connectivity index (χ3n) is 3.28. The lowest BCUT2D eigenvalue weighted by atomic mass is 9.91. The summed E-state index contributed by atoms with van der Waals surface area (Å²) in [6, 6.07) is 6.71. The molecule has 1 heterocycles. The Morgan fingerprint density at radius 3 is 2.11 bits per heavy atom. The van der Waals surface area contributed by atoms with Gasteiger partial charge in [-0.2, -0.15) is 0 Å². The molecule has 1 unspecified atom stereocenters. The van der Waals surface area contributed by atoms with Crippen molar-refractivity contribution in [3.8, 4) is 0 Å². The van der Waals surface area contributed by atoms with Crippen LogP contribution in [0.4, 0.5) is 0 Å². The van der Waals surface area contributed by atoms with Crippen molar-refractivity contribution in [1.29, 1.82) is 0 Å². The Morgan fingerprint density at radius 2 is 1.67 bits per heavy atom. The highest BCUT2D eigenvalue weighted by molar-refractivity contribution is 7.10. The van der Waals surface area contributed by atoms with Gasteiger partial charge in [0.2, 0.25) is 0 Å². The van der Waals surface area contributed by atoms with Gasteiger partial charge in [-0.25, -0.2) is 5.43 Å². The summed E-state index contributed by atoms with van der Waals surface area (Å²) in [6.07, 6.45) is 0. The summed E-state index contributed by atoms with van der Waals surface area (Å²) in [6.45, 7) is 8.55. The van der Waals surface area contributed by atoms with Crippen LogP contribution in [0.15, 0.2) is 23.6 Å². The molecule has 0 aliphatic rings. The number of aryl methyl sites for hydroxylation is 4. The molecule has 2 aromatic rings. The monoisotopic (exact) mass is 260 g/mol. The molecule has 0 spiro atoms. The minimum Gasteiger partial charge on any atom is -0.271 e. The van der Waals surface area contributed by atoms with E-state index < -0.39 is 0 Å². The molecule has 0 amide bonds. The maximum Gasteiger partial charge on any atom is 0.0723 e. The first-order chi connectivity index (χ1) is 8.52. The predicted octanol–water partition coefficient (Wildman–Crippen LogP) is 3.53. The lowest BCUT2D eigenvalue weighted by Crippen LogP contribution is -2.29. The van der Waals surface area contributed by atoms with Gasteiger partial charge in [-0.3, -0.25) is 5.84 Å². The highest BCUT2D eigenvalue weighted by atomic mass is 32.1. The Morgan fingerprint density at radius 1 is 1.06 bits per heavy atom. The van der Waals surface area contributed by atoms with E-state index in [2.05, 4.69) is 56.7 Å². The Bertz CT molecular complexity index is 534. The van der Waals surface area contributed by atoms with Crippen molar-refractivity contribution < 1.29 is 0 Å². The number of nitrogens with one attached hydrogen (secondary N) is 1. The van der Waals surface area contributed by atoms with Gasteiger partial charge in [-0.1, -0.05) is 17.7 Å². The molecule has 18 heavy (non-hydrogen) atoms. The first-order valence-electron chi connectivity index (χ1n) is 6.12. The van der Waals surface area contributed by atoms with E-state index in [0.717, 1.165) is 0 Å². The minimum atomic E-state index is 0.0792. The topological polar surface area (TPSA) is 38.0 Å². The molecule has 0 saturated carbocycles. The van der Waals surface area contributed by atoms with Crippen molar-refractivity contribution in [2.45, 2.75) is 33.7 Å². The third-order valence-corrected chi connectivity index (χ3v) is 4.16. The lowest BCUT2D eigenvalue weighted by Gasteiger charge is -2.21. The van der Waals surface area contributed by atoms with Crippen LogP contribution < -0.4 is 11.3 Å². The lowest BCUT2D eigenvalue weighted by molar-refractivity contribution is 0.632. The second-order valence-electron chi connectivity index (χ2n) is 4.90. The average Bonchev–Trinajstić information content (AvgIpc) is 2.69. The number of hydrazine groups is 1. The Kier molecular flexibility index (Phi) is 3.85. The number of thiophene rings is 1. The van der Waals surface area contributed by atoms with E-state index in [1.807, 2.05) is 0 Å². The van der Waals surface area contributed by atoms with E-state index in [9.17, 15) is 0 Å². The Balaban J connectivity index is 2.51. The second kappa shape index (κ2) is 5.22. The zero-order chi connectivity index (χ0) is 13.3. The number of benzene rings is 1. The van der Waals surface area contributed by atoms with Gasteiger partial charge in [0.1, 0.15) is 0 Å². The first kappa shape index (κ1) is 13.3. The van der Waals surface area contributed by atoms with Gasteiger partial charge in [-0.05, 0) is 61.4 Å². The van der Waals surface area contributed by atoms with Crippen LogP contribution in [0, 0.1) is 27.7 Å². The molecular formula is C15H20N2S. The summed E-state index contributed by atoms with van der Waals surface area (Å²) >= 11 is 1.76. The molecular weight excluding hydrogens is 240 g/mol. The normalized spacial score (nSPS) is 12.7. The standard InChI is InChI=1S/C15H20N2S/c1-9-5-10(2)14(11(3)6-9)15(17-16)13-7-12(4)18-8-13/h5-8,15,17H,16H2,1-4H3. The van der Waals surface area contributed by atoms with Crippen molar-refractivity contribution in [2.75, 3.05) is 0 Å². The number of rotatable bonds is 3. The quantitative estimate of drug-likeness (QED) is 0.654. The van der Waals surface area contributed by atoms with Crippen LogP contribution in [0.25, 0.3) is 0 Å². The van der Waals surface area contributed by atoms with Crippen molar-refractivity contribution in [1.82, 2.24) is 5.43 Å². The molecule has 1 aromatic heterocycles. The van der Waals surface area contributed by atoms with Gasteiger partial charge < -0.3 is 0 Å². The maximum absolute atomic E-state index is 5.78. The second-order valence-corrected chi connectivity index (χ2v) is 6.02. The summed E-state index contributed by atoms with van der Waals surface area (Å²) in [7, 11) is 0. The first-order valence-corrected chi connectivity index (χ1v) is 6.99. The third kappa shape index (κ3) is 2.48. The van der Waals surface area contributed by atoms with Gasteiger partial charge in [0.15, 0.2) is 0 Å². The fraction of sp³-hybridized carbons (Fsp3) is 0.333. The van der Waals surface area contributed by atoms with Crippen molar-refractivity contribution in [3.05, 3.63) is 56.3 Å². The van der Waals surface area contributed by atoms with Gasteiger partial charge in [0.25, 0.3) is 0 Å². The SMILES string of the molecule is Cc1cc(C)c(C(NN)c2csc(C)c2)c(C)c1. The summed E-state index contributed by atoms with van der Waals surface area (Å²) in [5.74, 6) is 5.78. The van der Waals surface area contributed by atoms with E-state index in [4.69, 9.17) is 5.84 Å². The van der Waals surface area contributed by atoms with E-state index in [0.29, 0.717) is 0 Å². The van der Waals surface area contributed by atoms with E-state index >= 15 is 0 Å². The van der Waals surface area contributed by atoms with E-state index in [1.165, 1.54) is 32.7 Å². The summed E-state index contributed by atoms with van der Waals surface area (Å²) < 4.78 is 0. The average molecular weight is 260 g/mol. The number of hydrogen-bond acceptors (Lipinski definition) is 3. The fourth-order valence-corrected chi connectivity index (χ4v) is 3.34. The minimum absolute atomic E-state index is 0.0792. The van der Waals surface area contributed by atoms with Gasteiger partial charge in [0.05, 0.1) is 6.04 Å². The molecule has 0 radical (unpaired) electrons. The van der Waals surface area contributed by atoms with Crippen LogP contribution in [-0.4, -0.2) is 0 Å². The summed E-state index contributed by atoms with van der Waals surface area (Å²) in [5.41, 5.74) is 9.37. The molecule has 0 fully saturated rings. The van der Waals surface area contributed by atoms with E-state index in [1.54, 1.807) is 11.3 Å². The molecule has 2 rings (SSSR count). The predicted molar refractivity (Wildman–Crippen MR) is 78.9 cm³/mol. The molecule has 3 heteroatoms. The smallest absolute Gasteiger partial charge is 0.0723 e. The van der Waals surface area contributed by atoms with Crippen molar-refractivity contribution >= 4 is 11.3 Å². The van der Waals surface area contributed by atoms with Crippen molar-refractivity contribution in [2.24, 2.45) is 5.84 Å². The van der Waals surface area contributed by atoms with Gasteiger partial charge in [-0.15, -0.1) is 11.3 Å². The van der Waals surface area contributed by atoms with Crippen LogP contribution in [0.1, 0.15) is 38.7 Å². The molecule has 2 nitrogen and oxygen atoms in total. The summed E-state index contributed by atoms with van der Waals surface area (Å²) in [4.78, 5) is 1.31. The van der Waals surface area contributed by atoms with Gasteiger partial charge >= 0.3 is 0 Å². The molecule has 1 aromatic carbocycles. The van der Waals surface area contributed by atoms with Crippen LogP contribution in [0.2, 0.25) is 0 Å². The largest absolute Gasteiger partial charge is 0.271 e. The maximum atomic E-state index is 5.78. The van der Waals surface area contributed by atoms with Crippen LogP contribution in [0.3, 0.4) is 0 Å².